The Labute approximate surface area is 210 Å². The lowest BCUT2D eigenvalue weighted by atomic mass is 10.1. The molecule has 174 valence electrons. The molecule has 2 aromatic carbocycles. The molecule has 0 aliphatic heterocycles. The summed E-state index contributed by atoms with van der Waals surface area (Å²) in [6.45, 7) is 1.93. The van der Waals surface area contributed by atoms with Crippen molar-refractivity contribution in [1.29, 1.82) is 0 Å². The molecule has 0 spiro atoms. The van der Waals surface area contributed by atoms with Gasteiger partial charge in [0.1, 0.15) is 0 Å². The fourth-order valence-corrected chi connectivity index (χ4v) is 6.11. The second-order valence-electron chi connectivity index (χ2n) is 8.42. The van der Waals surface area contributed by atoms with E-state index in [1.54, 1.807) is 16.0 Å². The molecule has 0 saturated heterocycles. The van der Waals surface area contributed by atoms with E-state index in [-0.39, 0.29) is 5.56 Å². The zero-order valence-corrected chi connectivity index (χ0v) is 21.0. The van der Waals surface area contributed by atoms with Gasteiger partial charge in [-0.3, -0.25) is 9.48 Å². The van der Waals surface area contributed by atoms with Gasteiger partial charge in [0.05, 0.1) is 27.7 Å². The van der Waals surface area contributed by atoms with Crippen molar-refractivity contribution < 1.29 is 0 Å². The Morgan fingerprint density at radius 1 is 0.914 bits per heavy atom. The Morgan fingerprint density at radius 3 is 2.51 bits per heavy atom. The zero-order chi connectivity index (χ0) is 23.9. The quantitative estimate of drug-likeness (QED) is 0.323. The van der Waals surface area contributed by atoms with Gasteiger partial charge in [-0.15, -0.1) is 22.7 Å². The number of nitrogens with zero attached hydrogens (tertiary/aromatic N) is 5. The average molecular weight is 498 g/mol. The van der Waals surface area contributed by atoms with Crippen LogP contribution in [-0.4, -0.2) is 19.8 Å². The third kappa shape index (κ3) is 3.75. The Morgan fingerprint density at radius 2 is 1.71 bits per heavy atom. The summed E-state index contributed by atoms with van der Waals surface area (Å²) in [6, 6.07) is 22.2. The van der Waals surface area contributed by atoms with Crippen molar-refractivity contribution in [3.63, 3.8) is 0 Å². The first-order chi connectivity index (χ1) is 17.1. The first-order valence-electron chi connectivity index (χ1n) is 11.4. The van der Waals surface area contributed by atoms with E-state index >= 15 is 0 Å². The van der Waals surface area contributed by atoms with Crippen molar-refractivity contribution in [3.8, 4) is 16.3 Å². The Bertz CT molecular complexity index is 1680. The summed E-state index contributed by atoms with van der Waals surface area (Å²) in [5.41, 5.74) is 6.44. The fourth-order valence-electron chi connectivity index (χ4n) is 4.48. The molecule has 1 aliphatic rings. The van der Waals surface area contributed by atoms with Crippen LogP contribution in [0.15, 0.2) is 92.4 Å². The van der Waals surface area contributed by atoms with Crippen LogP contribution >= 0.6 is 22.7 Å². The summed E-state index contributed by atoms with van der Waals surface area (Å²) in [7, 11) is 1.89. The Kier molecular flexibility index (Phi) is 5.47. The predicted molar refractivity (Wildman–Crippen MR) is 143 cm³/mol. The van der Waals surface area contributed by atoms with Crippen molar-refractivity contribution in [2.45, 2.75) is 19.8 Å². The van der Waals surface area contributed by atoms with E-state index in [1.165, 1.54) is 22.5 Å². The standard InChI is InChI=1S/C27H23N5OS2/c1-18-25(26(33)32(30(18)2)20-10-4-3-5-11-20)28-27-31(23(17-35-27)24-13-8-16-34-24)29-22-15-14-19-9-6-7-12-21(19)22/h3-13,16-17H,14-15H2,1-2H3. The lowest BCUT2D eigenvalue weighted by Gasteiger charge is -2.07. The van der Waals surface area contributed by atoms with Gasteiger partial charge in [0, 0.05) is 18.0 Å². The second kappa shape index (κ2) is 8.79. The highest BCUT2D eigenvalue weighted by atomic mass is 32.1. The predicted octanol–water partition coefficient (Wildman–Crippen LogP) is 5.51. The molecule has 5 aromatic rings. The summed E-state index contributed by atoms with van der Waals surface area (Å²) in [5, 5.41) is 9.23. The summed E-state index contributed by atoms with van der Waals surface area (Å²) < 4.78 is 5.42. The van der Waals surface area contributed by atoms with Crippen LogP contribution in [0.1, 0.15) is 23.2 Å². The minimum absolute atomic E-state index is 0.146. The number of thiophene rings is 1. The molecular formula is C27H23N5OS2. The highest BCUT2D eigenvalue weighted by Gasteiger charge is 2.20. The van der Waals surface area contributed by atoms with Crippen LogP contribution in [-0.2, 0) is 13.5 Å². The van der Waals surface area contributed by atoms with Crippen molar-refractivity contribution in [1.82, 2.24) is 14.0 Å². The molecule has 0 saturated carbocycles. The molecule has 0 atom stereocenters. The molecular weight excluding hydrogens is 474 g/mol. The molecule has 0 fully saturated rings. The minimum Gasteiger partial charge on any atom is -0.283 e. The van der Waals surface area contributed by atoms with Gasteiger partial charge in [-0.1, -0.05) is 48.5 Å². The lowest BCUT2D eigenvalue weighted by molar-refractivity contribution is 0.630. The van der Waals surface area contributed by atoms with Crippen LogP contribution < -0.4 is 10.4 Å². The van der Waals surface area contributed by atoms with E-state index in [1.807, 2.05) is 59.7 Å². The van der Waals surface area contributed by atoms with E-state index in [4.69, 9.17) is 10.1 Å². The van der Waals surface area contributed by atoms with E-state index in [0.29, 0.717) is 10.5 Å². The lowest BCUT2D eigenvalue weighted by Crippen LogP contribution is -2.20. The van der Waals surface area contributed by atoms with Crippen LogP contribution in [0.25, 0.3) is 16.3 Å². The molecule has 0 unspecified atom stereocenters. The fraction of sp³-hybridized carbons (Fsp3) is 0.148. The second-order valence-corrected chi connectivity index (χ2v) is 10.2. The minimum atomic E-state index is -0.146. The third-order valence-electron chi connectivity index (χ3n) is 6.37. The van der Waals surface area contributed by atoms with Gasteiger partial charge >= 0.3 is 0 Å². The van der Waals surface area contributed by atoms with Crippen LogP contribution in [0.2, 0.25) is 0 Å². The number of aryl methyl sites for hydroxylation is 1. The molecule has 6 rings (SSSR count). The van der Waals surface area contributed by atoms with Crippen molar-refractivity contribution in [3.05, 3.63) is 109 Å². The monoisotopic (exact) mass is 497 g/mol. The van der Waals surface area contributed by atoms with E-state index in [0.717, 1.165) is 40.5 Å². The number of aromatic nitrogens is 3. The first-order valence-corrected chi connectivity index (χ1v) is 13.2. The maximum absolute atomic E-state index is 13.5. The van der Waals surface area contributed by atoms with Crippen molar-refractivity contribution >= 4 is 34.1 Å². The van der Waals surface area contributed by atoms with E-state index < -0.39 is 0 Å². The summed E-state index contributed by atoms with van der Waals surface area (Å²) in [5.74, 6) is 0. The highest BCUT2D eigenvalue weighted by molar-refractivity contribution is 7.14. The van der Waals surface area contributed by atoms with Gasteiger partial charge in [-0.05, 0) is 48.9 Å². The number of hydrogen-bond acceptors (Lipinski definition) is 5. The van der Waals surface area contributed by atoms with E-state index in [9.17, 15) is 4.79 Å². The normalized spacial score (nSPS) is 14.7. The molecule has 8 heteroatoms. The van der Waals surface area contributed by atoms with Crippen LogP contribution in [0.5, 0.6) is 0 Å². The smallest absolute Gasteiger partial charge is 0.283 e. The summed E-state index contributed by atoms with van der Waals surface area (Å²) in [4.78, 5) is 20.2. The number of thiazole rings is 1. The number of para-hydroxylation sites is 1. The molecule has 0 bridgehead atoms. The molecule has 35 heavy (non-hydrogen) atoms. The largest absolute Gasteiger partial charge is 0.297 e. The third-order valence-corrected chi connectivity index (χ3v) is 8.08. The van der Waals surface area contributed by atoms with Gasteiger partial charge in [0.15, 0.2) is 5.69 Å². The van der Waals surface area contributed by atoms with E-state index in [2.05, 4.69) is 41.1 Å². The number of rotatable bonds is 4. The zero-order valence-electron chi connectivity index (χ0n) is 19.4. The van der Waals surface area contributed by atoms with Gasteiger partial charge in [-0.25, -0.2) is 14.4 Å². The summed E-state index contributed by atoms with van der Waals surface area (Å²) >= 11 is 3.17. The maximum atomic E-state index is 13.5. The van der Waals surface area contributed by atoms with Gasteiger partial charge in [-0.2, -0.15) is 5.10 Å². The topological polar surface area (TPSA) is 56.6 Å². The van der Waals surface area contributed by atoms with Crippen LogP contribution in [0, 0.1) is 6.92 Å². The van der Waals surface area contributed by atoms with Crippen LogP contribution in [0.3, 0.4) is 0 Å². The molecule has 0 amide bonds. The molecule has 0 N–H and O–H groups in total. The SMILES string of the molecule is Cc1c(N=c2scc(-c3cccs3)n2N=C2CCc3ccccc32)c(=O)n(-c2ccccc2)n1C. The summed E-state index contributed by atoms with van der Waals surface area (Å²) in [6.07, 6.45) is 1.87. The number of hydrogen-bond donors (Lipinski definition) is 0. The molecule has 3 heterocycles. The van der Waals surface area contributed by atoms with Gasteiger partial charge in [0.25, 0.3) is 5.56 Å². The number of benzene rings is 2. The average Bonchev–Trinajstić information content (AvgIpc) is 3.66. The Hall–Kier alpha value is -3.75. The maximum Gasteiger partial charge on any atom is 0.297 e. The Balaban J connectivity index is 1.56. The van der Waals surface area contributed by atoms with Crippen molar-refractivity contribution in [2.75, 3.05) is 0 Å². The molecule has 1 aliphatic carbocycles. The van der Waals surface area contributed by atoms with Crippen molar-refractivity contribution in [2.24, 2.45) is 17.1 Å². The molecule has 6 nitrogen and oxygen atoms in total. The van der Waals surface area contributed by atoms with Gasteiger partial charge < -0.3 is 0 Å². The first kappa shape index (κ1) is 21.8. The van der Waals surface area contributed by atoms with Gasteiger partial charge in [0.2, 0.25) is 4.80 Å². The van der Waals surface area contributed by atoms with Crippen LogP contribution in [0.4, 0.5) is 5.69 Å². The highest BCUT2D eigenvalue weighted by Crippen LogP contribution is 2.28. The molecule has 0 radical (unpaired) electrons. The number of fused-ring (bicyclic) bond motifs is 1. The molecule has 3 aromatic heterocycles.